The minimum atomic E-state index is 0.336. The molecule has 4 N–H and O–H groups in total. The van der Waals surface area contributed by atoms with Crippen molar-refractivity contribution in [3.8, 4) is 0 Å². The normalized spacial score (nSPS) is 29.7. The molecule has 0 bridgehead atoms. The van der Waals surface area contributed by atoms with Crippen molar-refractivity contribution in [2.75, 3.05) is 18.8 Å². The summed E-state index contributed by atoms with van der Waals surface area (Å²) in [6, 6.07) is 0.345. The molecule has 2 aliphatic rings. The molecule has 92 valence electrons. The second-order valence-electron chi connectivity index (χ2n) is 5.31. The third kappa shape index (κ3) is 2.40. The SMILES string of the molecule is Nc1ncc(CN2C[C@@H](N)[C@H](C3CC3)C2)cn1. The predicted octanol–water partition coefficient (Wildman–Crippen LogP) is 0.228. The van der Waals surface area contributed by atoms with E-state index < -0.39 is 0 Å². The van der Waals surface area contributed by atoms with Gasteiger partial charge in [-0.25, -0.2) is 9.97 Å². The van der Waals surface area contributed by atoms with Gasteiger partial charge in [0.05, 0.1) is 0 Å². The van der Waals surface area contributed by atoms with Gasteiger partial charge in [-0.2, -0.15) is 0 Å². The van der Waals surface area contributed by atoms with Crippen molar-refractivity contribution in [2.24, 2.45) is 17.6 Å². The summed E-state index contributed by atoms with van der Waals surface area (Å²) in [6.07, 6.45) is 6.35. The van der Waals surface area contributed by atoms with Crippen molar-refractivity contribution in [3.63, 3.8) is 0 Å². The Morgan fingerprint density at radius 2 is 1.94 bits per heavy atom. The smallest absolute Gasteiger partial charge is 0.219 e. The zero-order chi connectivity index (χ0) is 11.8. The lowest BCUT2D eigenvalue weighted by molar-refractivity contribution is 0.309. The van der Waals surface area contributed by atoms with Crippen LogP contribution in [0.4, 0.5) is 5.95 Å². The number of hydrogen-bond acceptors (Lipinski definition) is 5. The fraction of sp³-hybridized carbons (Fsp3) is 0.667. The molecule has 2 fully saturated rings. The molecule has 1 aromatic rings. The van der Waals surface area contributed by atoms with Crippen LogP contribution in [0.5, 0.6) is 0 Å². The first-order valence-corrected chi connectivity index (χ1v) is 6.26. The monoisotopic (exact) mass is 233 g/mol. The molecular weight excluding hydrogens is 214 g/mol. The molecule has 5 nitrogen and oxygen atoms in total. The van der Waals surface area contributed by atoms with Crippen molar-refractivity contribution in [3.05, 3.63) is 18.0 Å². The van der Waals surface area contributed by atoms with Crippen LogP contribution in [-0.2, 0) is 6.54 Å². The molecule has 1 aromatic heterocycles. The number of anilines is 1. The maximum atomic E-state index is 6.20. The van der Waals surface area contributed by atoms with Crippen molar-refractivity contribution in [1.82, 2.24) is 14.9 Å². The molecule has 1 aliphatic carbocycles. The number of hydrogen-bond donors (Lipinski definition) is 2. The van der Waals surface area contributed by atoms with Gasteiger partial charge in [0.15, 0.2) is 0 Å². The zero-order valence-corrected chi connectivity index (χ0v) is 9.92. The van der Waals surface area contributed by atoms with Crippen LogP contribution in [0.15, 0.2) is 12.4 Å². The van der Waals surface area contributed by atoms with Gasteiger partial charge in [-0.1, -0.05) is 0 Å². The lowest BCUT2D eigenvalue weighted by atomic mass is 9.99. The van der Waals surface area contributed by atoms with Crippen LogP contribution in [0.3, 0.4) is 0 Å². The van der Waals surface area contributed by atoms with E-state index in [9.17, 15) is 0 Å². The Balaban J connectivity index is 1.61. The average molecular weight is 233 g/mol. The van der Waals surface area contributed by atoms with Crippen molar-refractivity contribution < 1.29 is 0 Å². The molecule has 1 saturated heterocycles. The molecule has 0 unspecified atom stereocenters. The third-order valence-electron chi connectivity index (χ3n) is 3.85. The summed E-state index contributed by atoms with van der Waals surface area (Å²) in [4.78, 5) is 10.4. The predicted molar refractivity (Wildman–Crippen MR) is 65.9 cm³/mol. The first kappa shape index (κ1) is 10.9. The van der Waals surface area contributed by atoms with E-state index in [0.29, 0.717) is 17.9 Å². The van der Waals surface area contributed by atoms with E-state index in [1.165, 1.54) is 12.8 Å². The highest BCUT2D eigenvalue weighted by Crippen LogP contribution is 2.41. The van der Waals surface area contributed by atoms with Gasteiger partial charge in [-0.05, 0) is 24.7 Å². The summed E-state index contributed by atoms with van der Waals surface area (Å²) in [7, 11) is 0. The van der Waals surface area contributed by atoms with E-state index in [4.69, 9.17) is 11.5 Å². The summed E-state index contributed by atoms with van der Waals surface area (Å²) >= 11 is 0. The van der Waals surface area contributed by atoms with Gasteiger partial charge in [0.2, 0.25) is 5.95 Å². The van der Waals surface area contributed by atoms with Crippen LogP contribution in [-0.4, -0.2) is 34.0 Å². The number of nitrogen functional groups attached to an aromatic ring is 1. The van der Waals surface area contributed by atoms with E-state index in [2.05, 4.69) is 14.9 Å². The minimum Gasteiger partial charge on any atom is -0.368 e. The highest BCUT2D eigenvalue weighted by atomic mass is 15.2. The van der Waals surface area contributed by atoms with E-state index >= 15 is 0 Å². The lowest BCUT2D eigenvalue weighted by Crippen LogP contribution is -2.30. The van der Waals surface area contributed by atoms with Crippen LogP contribution < -0.4 is 11.5 Å². The lowest BCUT2D eigenvalue weighted by Gasteiger charge is -2.15. The third-order valence-corrected chi connectivity index (χ3v) is 3.85. The van der Waals surface area contributed by atoms with Gasteiger partial charge in [0.25, 0.3) is 0 Å². The second-order valence-corrected chi connectivity index (χ2v) is 5.31. The largest absolute Gasteiger partial charge is 0.368 e. The van der Waals surface area contributed by atoms with Gasteiger partial charge < -0.3 is 11.5 Å². The standard InChI is InChI=1S/C12H19N5/c13-11-7-17(6-10(11)9-1-2-9)5-8-3-15-12(14)16-4-8/h3-4,9-11H,1-2,5-7,13H2,(H2,14,15,16)/t10-,11+/m0/s1. The highest BCUT2D eigenvalue weighted by molar-refractivity contribution is 5.17. The van der Waals surface area contributed by atoms with Crippen LogP contribution in [0.1, 0.15) is 18.4 Å². The van der Waals surface area contributed by atoms with Gasteiger partial charge in [0, 0.05) is 43.6 Å². The molecule has 0 radical (unpaired) electrons. The Hall–Kier alpha value is -1.20. The van der Waals surface area contributed by atoms with Gasteiger partial charge in [0.1, 0.15) is 0 Å². The first-order valence-electron chi connectivity index (χ1n) is 6.26. The molecule has 2 heterocycles. The summed E-state index contributed by atoms with van der Waals surface area (Å²) < 4.78 is 0. The molecule has 0 amide bonds. The Morgan fingerprint density at radius 1 is 1.24 bits per heavy atom. The fourth-order valence-corrected chi connectivity index (χ4v) is 2.80. The molecule has 17 heavy (non-hydrogen) atoms. The topological polar surface area (TPSA) is 81.1 Å². The van der Waals surface area contributed by atoms with Gasteiger partial charge in [-0.15, -0.1) is 0 Å². The van der Waals surface area contributed by atoms with Crippen LogP contribution in [0.2, 0.25) is 0 Å². The van der Waals surface area contributed by atoms with Crippen LogP contribution in [0, 0.1) is 11.8 Å². The van der Waals surface area contributed by atoms with Crippen molar-refractivity contribution in [1.29, 1.82) is 0 Å². The van der Waals surface area contributed by atoms with Gasteiger partial charge >= 0.3 is 0 Å². The summed E-state index contributed by atoms with van der Waals surface area (Å²) in [5.41, 5.74) is 12.8. The van der Waals surface area contributed by atoms with E-state index in [-0.39, 0.29) is 0 Å². The van der Waals surface area contributed by atoms with Crippen molar-refractivity contribution in [2.45, 2.75) is 25.4 Å². The molecule has 0 aromatic carbocycles. The van der Waals surface area contributed by atoms with E-state index in [1.807, 2.05) is 0 Å². The average Bonchev–Trinajstić information content (AvgIpc) is 3.08. The number of nitrogens with zero attached hydrogens (tertiary/aromatic N) is 3. The Bertz CT molecular complexity index is 386. The van der Waals surface area contributed by atoms with Gasteiger partial charge in [-0.3, -0.25) is 4.90 Å². The fourth-order valence-electron chi connectivity index (χ4n) is 2.80. The minimum absolute atomic E-state index is 0.336. The summed E-state index contributed by atoms with van der Waals surface area (Å²) in [5.74, 6) is 1.92. The number of rotatable bonds is 3. The molecule has 0 spiro atoms. The Morgan fingerprint density at radius 3 is 2.59 bits per heavy atom. The van der Waals surface area contributed by atoms with Crippen LogP contribution in [0.25, 0.3) is 0 Å². The first-order chi connectivity index (χ1) is 8.22. The second kappa shape index (κ2) is 4.23. The summed E-state index contributed by atoms with van der Waals surface area (Å²) in [5, 5.41) is 0. The molecular formula is C12H19N5. The van der Waals surface area contributed by atoms with E-state index in [0.717, 1.165) is 31.1 Å². The number of nitrogens with two attached hydrogens (primary N) is 2. The van der Waals surface area contributed by atoms with Crippen LogP contribution >= 0.6 is 0 Å². The number of likely N-dealkylation sites (tertiary alicyclic amines) is 1. The molecule has 3 rings (SSSR count). The number of aromatic nitrogens is 2. The van der Waals surface area contributed by atoms with Crippen molar-refractivity contribution >= 4 is 5.95 Å². The molecule has 1 saturated carbocycles. The van der Waals surface area contributed by atoms with E-state index in [1.54, 1.807) is 12.4 Å². The highest BCUT2D eigenvalue weighted by Gasteiger charge is 2.40. The maximum Gasteiger partial charge on any atom is 0.219 e. The summed E-state index contributed by atoms with van der Waals surface area (Å²) in [6.45, 7) is 3.00. The molecule has 5 heteroatoms. The molecule has 1 aliphatic heterocycles. The Kier molecular flexibility index (Phi) is 2.72. The Labute approximate surface area is 101 Å². The quantitative estimate of drug-likeness (QED) is 0.781. The maximum absolute atomic E-state index is 6.20. The molecule has 2 atom stereocenters. The zero-order valence-electron chi connectivity index (χ0n) is 9.92.